The van der Waals surface area contributed by atoms with E-state index in [1.807, 2.05) is 0 Å². The minimum atomic E-state index is -3.48. The third kappa shape index (κ3) is 4.83. The number of nitrogens with one attached hydrogen (secondary N) is 2. The lowest BCUT2D eigenvalue weighted by molar-refractivity contribution is -0.119. The molecule has 3 rings (SSSR count). The lowest BCUT2D eigenvalue weighted by atomic mass is 10.1. The summed E-state index contributed by atoms with van der Waals surface area (Å²) in [5.74, 6) is -0.240. The number of hydrogen-bond acceptors (Lipinski definition) is 4. The molecule has 1 saturated heterocycles. The van der Waals surface area contributed by atoms with Crippen LogP contribution >= 0.6 is 24.8 Å². The number of carbonyl (C=O) groups excluding carboxylic acids is 1. The van der Waals surface area contributed by atoms with Crippen LogP contribution in [0.15, 0.2) is 29.2 Å². The molecule has 24 heavy (non-hydrogen) atoms. The summed E-state index contributed by atoms with van der Waals surface area (Å²) in [4.78, 5) is 11.4. The Bertz CT molecular complexity index is 661. The van der Waals surface area contributed by atoms with E-state index in [1.54, 1.807) is 24.3 Å². The minimum absolute atomic E-state index is 0. The lowest BCUT2D eigenvalue weighted by Crippen LogP contribution is -2.42. The zero-order valence-corrected chi connectivity index (χ0v) is 15.6. The molecule has 1 amide bonds. The predicted octanol–water partition coefficient (Wildman–Crippen LogP) is 1.15. The van der Waals surface area contributed by atoms with Crippen molar-refractivity contribution in [1.29, 1.82) is 0 Å². The first kappa shape index (κ1) is 21.2. The molecular formula is C15H23Cl2N3O3S. The molecule has 2 unspecified atom stereocenters. The average Bonchev–Trinajstić information content (AvgIpc) is 3.29. The van der Waals surface area contributed by atoms with Crippen molar-refractivity contribution in [3.63, 3.8) is 0 Å². The second-order valence-electron chi connectivity index (χ2n) is 6.07. The van der Waals surface area contributed by atoms with Crippen LogP contribution < -0.4 is 15.8 Å². The highest BCUT2D eigenvalue weighted by Gasteiger charge is 2.42. The molecule has 2 fully saturated rings. The van der Waals surface area contributed by atoms with E-state index in [1.165, 1.54) is 0 Å². The number of amides is 1. The zero-order valence-electron chi connectivity index (χ0n) is 13.1. The van der Waals surface area contributed by atoms with Crippen molar-refractivity contribution < 1.29 is 13.2 Å². The highest BCUT2D eigenvalue weighted by Crippen LogP contribution is 2.47. The van der Waals surface area contributed by atoms with E-state index in [-0.39, 0.29) is 53.5 Å². The summed E-state index contributed by atoms with van der Waals surface area (Å²) >= 11 is 0. The van der Waals surface area contributed by atoms with Gasteiger partial charge in [-0.2, -0.15) is 0 Å². The van der Waals surface area contributed by atoms with Crippen LogP contribution in [-0.4, -0.2) is 33.5 Å². The van der Waals surface area contributed by atoms with Crippen LogP contribution in [0.4, 0.5) is 0 Å². The number of benzene rings is 1. The van der Waals surface area contributed by atoms with Crippen LogP contribution in [-0.2, 0) is 14.8 Å². The average molecular weight is 396 g/mol. The van der Waals surface area contributed by atoms with Gasteiger partial charge in [-0.25, -0.2) is 13.1 Å². The Balaban J connectivity index is 0.00000144. The fraction of sp³-hybridized carbons (Fsp3) is 0.533. The summed E-state index contributed by atoms with van der Waals surface area (Å²) in [6.07, 6.45) is 2.37. The maximum atomic E-state index is 12.4. The van der Waals surface area contributed by atoms with Crippen molar-refractivity contribution in [3.8, 4) is 0 Å². The maximum Gasteiger partial charge on any atom is 0.240 e. The van der Waals surface area contributed by atoms with Crippen LogP contribution in [0.5, 0.6) is 0 Å². The van der Waals surface area contributed by atoms with Crippen molar-refractivity contribution in [2.24, 2.45) is 11.7 Å². The van der Waals surface area contributed by atoms with Gasteiger partial charge < -0.3 is 11.1 Å². The van der Waals surface area contributed by atoms with Gasteiger partial charge in [-0.3, -0.25) is 4.79 Å². The molecular weight excluding hydrogens is 373 g/mol. The van der Waals surface area contributed by atoms with E-state index < -0.39 is 10.0 Å². The number of sulfonamides is 1. The number of halogens is 2. The molecule has 1 aromatic carbocycles. The third-order valence-electron chi connectivity index (χ3n) is 4.44. The predicted molar refractivity (Wildman–Crippen MR) is 97.2 cm³/mol. The molecule has 0 aromatic heterocycles. The van der Waals surface area contributed by atoms with Crippen LogP contribution in [0, 0.1) is 5.92 Å². The number of piperidine rings is 1. The summed E-state index contributed by atoms with van der Waals surface area (Å²) in [7, 11) is -3.48. The molecule has 0 spiro atoms. The van der Waals surface area contributed by atoms with E-state index >= 15 is 0 Å². The molecule has 6 nitrogen and oxygen atoms in total. The molecule has 1 aromatic rings. The zero-order chi connectivity index (χ0) is 15.7. The van der Waals surface area contributed by atoms with Gasteiger partial charge in [0.15, 0.2) is 0 Å². The number of hydrogen-bond donors (Lipinski definition) is 3. The summed E-state index contributed by atoms with van der Waals surface area (Å²) in [6, 6.07) is 6.77. The van der Waals surface area contributed by atoms with E-state index in [4.69, 9.17) is 5.73 Å². The van der Waals surface area contributed by atoms with Crippen LogP contribution in [0.2, 0.25) is 0 Å². The monoisotopic (exact) mass is 395 g/mol. The number of carbonyl (C=O) groups is 1. The molecule has 4 N–H and O–H groups in total. The van der Waals surface area contributed by atoms with E-state index in [2.05, 4.69) is 10.0 Å². The maximum absolute atomic E-state index is 12.4. The van der Waals surface area contributed by atoms with Gasteiger partial charge in [-0.15, -0.1) is 24.8 Å². The molecule has 2 atom stereocenters. The standard InChI is InChI=1S/C15H21N3O3S.2ClH/c16-15(19)14-9-13(14)10-1-3-12(4-2-10)22(20,21)18-11-5-7-17-8-6-11;;/h1-4,11,13-14,17-18H,5-9H2,(H2,16,19);2*1H. The Morgan fingerprint density at radius 1 is 1.12 bits per heavy atom. The van der Waals surface area contributed by atoms with Crippen molar-refractivity contribution in [3.05, 3.63) is 29.8 Å². The highest BCUT2D eigenvalue weighted by molar-refractivity contribution is 7.89. The van der Waals surface area contributed by atoms with Gasteiger partial charge in [-0.05, 0) is 56.0 Å². The molecule has 2 aliphatic rings. The third-order valence-corrected chi connectivity index (χ3v) is 5.97. The molecule has 1 aliphatic heterocycles. The lowest BCUT2D eigenvalue weighted by Gasteiger charge is -2.23. The Kier molecular flexibility index (Phi) is 7.49. The Hall–Kier alpha value is -0.860. The Labute approximate surface area is 154 Å². The van der Waals surface area contributed by atoms with E-state index in [0.29, 0.717) is 0 Å². The molecule has 9 heteroatoms. The fourth-order valence-corrected chi connectivity index (χ4v) is 4.30. The van der Waals surface area contributed by atoms with Crippen LogP contribution in [0.1, 0.15) is 30.7 Å². The molecule has 1 saturated carbocycles. The first-order chi connectivity index (χ1) is 10.5. The molecule has 0 bridgehead atoms. The molecule has 136 valence electrons. The first-order valence-corrected chi connectivity index (χ1v) is 9.08. The number of nitrogens with two attached hydrogens (primary N) is 1. The van der Waals surface area contributed by atoms with Gasteiger partial charge in [-0.1, -0.05) is 12.1 Å². The quantitative estimate of drug-likeness (QED) is 0.695. The van der Waals surface area contributed by atoms with Gasteiger partial charge in [0.05, 0.1) is 4.90 Å². The van der Waals surface area contributed by atoms with Crippen LogP contribution in [0.25, 0.3) is 0 Å². The van der Waals surface area contributed by atoms with Crippen molar-refractivity contribution in [1.82, 2.24) is 10.0 Å². The van der Waals surface area contributed by atoms with Gasteiger partial charge in [0.25, 0.3) is 0 Å². The second-order valence-corrected chi connectivity index (χ2v) is 7.78. The summed E-state index contributed by atoms with van der Waals surface area (Å²) in [5, 5.41) is 3.21. The van der Waals surface area contributed by atoms with Crippen molar-refractivity contribution >= 4 is 40.7 Å². The fourth-order valence-electron chi connectivity index (χ4n) is 3.00. The SMILES string of the molecule is Cl.Cl.NC(=O)C1CC1c1ccc(S(=O)(=O)NC2CCNCC2)cc1. The minimum Gasteiger partial charge on any atom is -0.369 e. The first-order valence-electron chi connectivity index (χ1n) is 7.60. The van der Waals surface area contributed by atoms with Gasteiger partial charge in [0.2, 0.25) is 15.9 Å². The Morgan fingerprint density at radius 3 is 2.21 bits per heavy atom. The van der Waals surface area contributed by atoms with Crippen molar-refractivity contribution in [2.45, 2.75) is 36.1 Å². The van der Waals surface area contributed by atoms with Crippen LogP contribution in [0.3, 0.4) is 0 Å². The Morgan fingerprint density at radius 2 is 1.71 bits per heavy atom. The van der Waals surface area contributed by atoms with Gasteiger partial charge in [0.1, 0.15) is 0 Å². The summed E-state index contributed by atoms with van der Waals surface area (Å²) in [5.41, 5.74) is 6.26. The topological polar surface area (TPSA) is 101 Å². The molecule has 0 radical (unpaired) electrons. The van der Waals surface area contributed by atoms with Crippen molar-refractivity contribution in [2.75, 3.05) is 13.1 Å². The smallest absolute Gasteiger partial charge is 0.240 e. The number of primary amides is 1. The summed E-state index contributed by atoms with van der Waals surface area (Å²) in [6.45, 7) is 1.67. The summed E-state index contributed by atoms with van der Waals surface area (Å²) < 4.78 is 27.5. The van der Waals surface area contributed by atoms with E-state index in [9.17, 15) is 13.2 Å². The van der Waals surface area contributed by atoms with Gasteiger partial charge >= 0.3 is 0 Å². The largest absolute Gasteiger partial charge is 0.369 e. The highest BCUT2D eigenvalue weighted by atomic mass is 35.5. The van der Waals surface area contributed by atoms with Gasteiger partial charge in [0, 0.05) is 12.0 Å². The second kappa shape index (κ2) is 8.49. The number of rotatable bonds is 5. The van der Waals surface area contributed by atoms with E-state index in [0.717, 1.165) is 37.9 Å². The molecule has 1 heterocycles. The molecule has 1 aliphatic carbocycles. The normalized spacial score (nSPS) is 23.7.